The molecule has 7 nitrogen and oxygen atoms in total. The summed E-state index contributed by atoms with van der Waals surface area (Å²) in [6, 6.07) is -1.70. The number of aliphatic hydroxyl groups excluding tert-OH is 1. The molecule has 1 aliphatic heterocycles. The van der Waals surface area contributed by atoms with Gasteiger partial charge in [0.15, 0.2) is 6.04 Å². The molecule has 7 heteroatoms. The number of amides is 2. The Labute approximate surface area is 106 Å². The van der Waals surface area contributed by atoms with Crippen LogP contribution in [0.1, 0.15) is 12.8 Å². The highest BCUT2D eigenvalue weighted by Crippen LogP contribution is 2.16. The Bertz CT molecular complexity index is 295. The Morgan fingerprint density at radius 1 is 1.56 bits per heavy atom. The molecule has 1 heterocycles. The van der Waals surface area contributed by atoms with E-state index in [2.05, 4.69) is 5.32 Å². The van der Waals surface area contributed by atoms with Crippen LogP contribution in [0.4, 0.5) is 4.79 Å². The summed E-state index contributed by atoms with van der Waals surface area (Å²) in [7, 11) is 1.62. The normalized spacial score (nSPS) is 21.4. The summed E-state index contributed by atoms with van der Waals surface area (Å²) >= 11 is 0. The zero-order valence-electron chi connectivity index (χ0n) is 10.5. The van der Waals surface area contributed by atoms with Gasteiger partial charge in [-0.25, -0.2) is 9.59 Å². The fourth-order valence-electron chi connectivity index (χ4n) is 2.05. The lowest BCUT2D eigenvalue weighted by Crippen LogP contribution is -2.52. The van der Waals surface area contributed by atoms with Crippen LogP contribution in [0, 0.1) is 5.92 Å². The van der Waals surface area contributed by atoms with Gasteiger partial charge >= 0.3 is 12.0 Å². The van der Waals surface area contributed by atoms with Crippen molar-refractivity contribution in [2.45, 2.75) is 18.9 Å². The number of aliphatic hydroxyl groups is 1. The second kappa shape index (κ2) is 7.17. The topological polar surface area (TPSA) is 99.1 Å². The third-order valence-electron chi connectivity index (χ3n) is 2.99. The summed E-state index contributed by atoms with van der Waals surface area (Å²) in [5, 5.41) is 19.9. The Kier molecular flexibility index (Phi) is 5.87. The second-order valence-electron chi connectivity index (χ2n) is 4.43. The van der Waals surface area contributed by atoms with Crippen molar-refractivity contribution < 1.29 is 24.5 Å². The summed E-state index contributed by atoms with van der Waals surface area (Å²) in [4.78, 5) is 24.1. The van der Waals surface area contributed by atoms with Crippen LogP contribution in [0.5, 0.6) is 0 Å². The van der Waals surface area contributed by atoms with Crippen LogP contribution in [-0.2, 0) is 9.53 Å². The summed E-state index contributed by atoms with van der Waals surface area (Å²) in [5.41, 5.74) is 0. The van der Waals surface area contributed by atoms with Gasteiger partial charge in [-0.3, -0.25) is 0 Å². The highest BCUT2D eigenvalue weighted by atomic mass is 16.5. The lowest BCUT2D eigenvalue weighted by molar-refractivity contribution is -0.140. The Morgan fingerprint density at radius 3 is 2.83 bits per heavy atom. The molecule has 0 radical (unpaired) electrons. The number of carbonyl (C=O) groups excluding carboxylic acids is 1. The first-order valence-corrected chi connectivity index (χ1v) is 5.96. The quantitative estimate of drug-likeness (QED) is 0.619. The van der Waals surface area contributed by atoms with Gasteiger partial charge in [-0.15, -0.1) is 0 Å². The monoisotopic (exact) mass is 260 g/mol. The minimum Gasteiger partial charge on any atom is -0.480 e. The number of ether oxygens (including phenoxy) is 1. The summed E-state index contributed by atoms with van der Waals surface area (Å²) in [5.74, 6) is -0.955. The maximum Gasteiger partial charge on any atom is 0.328 e. The average Bonchev–Trinajstić information content (AvgIpc) is 2.36. The molecule has 1 saturated heterocycles. The van der Waals surface area contributed by atoms with Crippen LogP contribution >= 0.6 is 0 Å². The van der Waals surface area contributed by atoms with E-state index in [-0.39, 0.29) is 5.92 Å². The van der Waals surface area contributed by atoms with E-state index < -0.39 is 24.6 Å². The summed E-state index contributed by atoms with van der Waals surface area (Å²) in [6.45, 7) is 1.13. The van der Waals surface area contributed by atoms with Crippen LogP contribution < -0.4 is 5.32 Å². The molecule has 1 unspecified atom stereocenters. The number of nitrogens with one attached hydrogen (secondary N) is 1. The number of hydrogen-bond acceptors (Lipinski definition) is 4. The Morgan fingerprint density at radius 2 is 2.28 bits per heavy atom. The van der Waals surface area contributed by atoms with Crippen molar-refractivity contribution in [3.05, 3.63) is 0 Å². The van der Waals surface area contributed by atoms with Crippen molar-refractivity contribution in [3.8, 4) is 0 Å². The number of nitrogens with zero attached hydrogens (tertiary/aromatic N) is 1. The molecule has 104 valence electrons. The molecule has 2 amide bonds. The Balaban J connectivity index is 2.47. The van der Waals surface area contributed by atoms with Gasteiger partial charge < -0.3 is 25.2 Å². The number of methoxy groups -OCH3 is 1. The van der Waals surface area contributed by atoms with E-state index in [1.54, 1.807) is 12.0 Å². The molecule has 0 bridgehead atoms. The fourth-order valence-corrected chi connectivity index (χ4v) is 2.05. The number of carbonyl (C=O) groups is 2. The molecule has 18 heavy (non-hydrogen) atoms. The molecule has 0 aliphatic carbocycles. The van der Waals surface area contributed by atoms with E-state index >= 15 is 0 Å². The molecule has 0 spiro atoms. The minimum atomic E-state index is -1.25. The number of rotatable bonds is 5. The van der Waals surface area contributed by atoms with Crippen molar-refractivity contribution >= 4 is 12.0 Å². The molecule has 0 aromatic heterocycles. The van der Waals surface area contributed by atoms with E-state index in [1.165, 1.54) is 0 Å². The first-order chi connectivity index (χ1) is 8.58. The molecule has 0 saturated carbocycles. The second-order valence-corrected chi connectivity index (χ2v) is 4.43. The SMILES string of the molecule is COCC1CCCN(C(=O)N[C@H](CO)C(=O)O)C1. The highest BCUT2D eigenvalue weighted by Gasteiger charge is 2.26. The maximum absolute atomic E-state index is 11.8. The zero-order valence-corrected chi connectivity index (χ0v) is 10.5. The van der Waals surface area contributed by atoms with Crippen molar-refractivity contribution in [2.24, 2.45) is 5.92 Å². The van der Waals surface area contributed by atoms with Gasteiger partial charge in [0, 0.05) is 26.1 Å². The molecule has 3 N–H and O–H groups in total. The summed E-state index contributed by atoms with van der Waals surface area (Å²) in [6.07, 6.45) is 1.87. The van der Waals surface area contributed by atoms with Gasteiger partial charge in [0.2, 0.25) is 0 Å². The fraction of sp³-hybridized carbons (Fsp3) is 0.818. The predicted molar refractivity (Wildman–Crippen MR) is 63.2 cm³/mol. The average molecular weight is 260 g/mol. The lowest BCUT2D eigenvalue weighted by atomic mass is 9.99. The van der Waals surface area contributed by atoms with Crippen LogP contribution in [0.25, 0.3) is 0 Å². The summed E-state index contributed by atoms with van der Waals surface area (Å²) < 4.78 is 5.06. The third-order valence-corrected chi connectivity index (χ3v) is 2.99. The van der Waals surface area contributed by atoms with Gasteiger partial charge in [-0.2, -0.15) is 0 Å². The molecule has 1 aliphatic rings. The van der Waals surface area contributed by atoms with Crippen LogP contribution in [-0.4, -0.2) is 66.6 Å². The number of aliphatic carboxylic acids is 1. The minimum absolute atomic E-state index is 0.284. The van der Waals surface area contributed by atoms with Crippen molar-refractivity contribution in [2.75, 3.05) is 33.4 Å². The number of carboxylic acids is 1. The number of hydrogen-bond donors (Lipinski definition) is 3. The molecular weight excluding hydrogens is 240 g/mol. The van der Waals surface area contributed by atoms with Gasteiger partial charge in [0.1, 0.15) is 0 Å². The number of carboxylic acid groups (broad SMARTS) is 1. The van der Waals surface area contributed by atoms with E-state index in [0.717, 1.165) is 12.8 Å². The van der Waals surface area contributed by atoms with Gasteiger partial charge in [-0.05, 0) is 12.8 Å². The standard InChI is InChI=1S/C11H20N2O5/c1-18-7-8-3-2-4-13(5-8)11(17)12-9(6-14)10(15)16/h8-9,14H,2-7H2,1H3,(H,12,17)(H,15,16)/t8?,9-/m1/s1. The van der Waals surface area contributed by atoms with Gasteiger partial charge in [0.25, 0.3) is 0 Å². The third kappa shape index (κ3) is 4.15. The number of urea groups is 1. The molecule has 0 aromatic rings. The number of piperidine rings is 1. The molecule has 1 fully saturated rings. The molecule has 2 atom stereocenters. The molecule has 1 rings (SSSR count). The van der Waals surface area contributed by atoms with Crippen LogP contribution in [0.15, 0.2) is 0 Å². The molecule has 0 aromatic carbocycles. The maximum atomic E-state index is 11.8. The smallest absolute Gasteiger partial charge is 0.328 e. The van der Waals surface area contributed by atoms with Gasteiger partial charge in [-0.1, -0.05) is 0 Å². The Hall–Kier alpha value is -1.34. The molecular formula is C11H20N2O5. The first-order valence-electron chi connectivity index (χ1n) is 5.96. The van der Waals surface area contributed by atoms with E-state index in [9.17, 15) is 9.59 Å². The van der Waals surface area contributed by atoms with Crippen molar-refractivity contribution in [1.82, 2.24) is 10.2 Å². The zero-order chi connectivity index (χ0) is 13.5. The van der Waals surface area contributed by atoms with E-state index in [0.29, 0.717) is 19.7 Å². The largest absolute Gasteiger partial charge is 0.480 e. The number of likely N-dealkylation sites (tertiary alicyclic amines) is 1. The predicted octanol–water partition coefficient (Wildman–Crippen LogP) is -0.500. The lowest BCUT2D eigenvalue weighted by Gasteiger charge is -2.33. The highest BCUT2D eigenvalue weighted by molar-refractivity contribution is 5.82. The van der Waals surface area contributed by atoms with E-state index in [1.807, 2.05) is 0 Å². The van der Waals surface area contributed by atoms with E-state index in [4.69, 9.17) is 14.9 Å². The van der Waals surface area contributed by atoms with Gasteiger partial charge in [0.05, 0.1) is 13.2 Å². The van der Waals surface area contributed by atoms with Crippen LogP contribution in [0.2, 0.25) is 0 Å². The van der Waals surface area contributed by atoms with Crippen LogP contribution in [0.3, 0.4) is 0 Å². The van der Waals surface area contributed by atoms with Crippen molar-refractivity contribution in [3.63, 3.8) is 0 Å². The first kappa shape index (κ1) is 14.7. The van der Waals surface area contributed by atoms with Crippen molar-refractivity contribution in [1.29, 1.82) is 0 Å².